The number of aromatic nitrogens is 1. The molecule has 29 heavy (non-hydrogen) atoms. The summed E-state index contributed by atoms with van der Waals surface area (Å²) in [6.07, 6.45) is 16.3. The van der Waals surface area contributed by atoms with Crippen LogP contribution in [-0.2, 0) is 6.42 Å². The van der Waals surface area contributed by atoms with Crippen molar-refractivity contribution in [3.8, 4) is 16.9 Å². The van der Waals surface area contributed by atoms with Crippen LogP contribution in [0.15, 0.2) is 54.7 Å². The Balaban J connectivity index is 1.53. The van der Waals surface area contributed by atoms with Gasteiger partial charge in [0.05, 0.1) is 0 Å². The molecular formula is C27H35NO. The van der Waals surface area contributed by atoms with Gasteiger partial charge in [-0.2, -0.15) is 0 Å². The maximum atomic E-state index is 10.8. The SMILES string of the molecule is CCCCCCCCCCCCc1ccccc1-c1ccc2cccnc2c1O. The summed E-state index contributed by atoms with van der Waals surface area (Å²) in [5, 5.41) is 11.8. The molecule has 2 aromatic carbocycles. The Hall–Kier alpha value is -2.35. The number of hydrogen-bond donors (Lipinski definition) is 1. The third kappa shape index (κ3) is 6.06. The summed E-state index contributed by atoms with van der Waals surface area (Å²) in [6, 6.07) is 16.4. The van der Waals surface area contributed by atoms with Crippen LogP contribution in [0.3, 0.4) is 0 Å². The fourth-order valence-electron chi connectivity index (χ4n) is 4.15. The van der Waals surface area contributed by atoms with E-state index >= 15 is 0 Å². The van der Waals surface area contributed by atoms with Crippen LogP contribution in [0.4, 0.5) is 0 Å². The average molecular weight is 390 g/mol. The van der Waals surface area contributed by atoms with Gasteiger partial charge < -0.3 is 5.11 Å². The summed E-state index contributed by atoms with van der Waals surface area (Å²) >= 11 is 0. The Morgan fingerprint density at radius 2 is 1.38 bits per heavy atom. The van der Waals surface area contributed by atoms with E-state index in [4.69, 9.17) is 0 Å². The lowest BCUT2D eigenvalue weighted by Gasteiger charge is -2.12. The van der Waals surface area contributed by atoms with Crippen LogP contribution >= 0.6 is 0 Å². The first-order chi connectivity index (χ1) is 14.3. The molecule has 3 rings (SSSR count). The van der Waals surface area contributed by atoms with Gasteiger partial charge in [0.1, 0.15) is 11.3 Å². The fraction of sp³-hybridized carbons (Fsp3) is 0.444. The van der Waals surface area contributed by atoms with E-state index in [0.29, 0.717) is 11.3 Å². The zero-order valence-electron chi connectivity index (χ0n) is 17.9. The number of nitrogens with zero attached hydrogens (tertiary/aromatic N) is 1. The van der Waals surface area contributed by atoms with Crippen LogP contribution in [0.1, 0.15) is 76.7 Å². The molecule has 0 unspecified atom stereocenters. The molecule has 0 saturated carbocycles. The molecule has 154 valence electrons. The quantitative estimate of drug-likeness (QED) is 0.318. The van der Waals surface area contributed by atoms with Crippen LogP contribution in [0.25, 0.3) is 22.0 Å². The third-order valence-corrected chi connectivity index (χ3v) is 5.86. The number of hydrogen-bond acceptors (Lipinski definition) is 2. The molecule has 0 spiro atoms. The van der Waals surface area contributed by atoms with Gasteiger partial charge in [0.15, 0.2) is 0 Å². The molecule has 0 fully saturated rings. The highest BCUT2D eigenvalue weighted by atomic mass is 16.3. The number of unbranched alkanes of at least 4 members (excludes halogenated alkanes) is 9. The number of aromatic hydroxyl groups is 1. The third-order valence-electron chi connectivity index (χ3n) is 5.86. The molecular weight excluding hydrogens is 354 g/mol. The first-order valence-corrected chi connectivity index (χ1v) is 11.5. The predicted octanol–water partition coefficient (Wildman–Crippen LogP) is 8.07. The molecule has 0 atom stereocenters. The van der Waals surface area contributed by atoms with Crippen molar-refractivity contribution < 1.29 is 5.11 Å². The van der Waals surface area contributed by atoms with E-state index in [2.05, 4.69) is 42.2 Å². The van der Waals surface area contributed by atoms with E-state index in [0.717, 1.165) is 22.9 Å². The second-order valence-corrected chi connectivity index (χ2v) is 8.13. The lowest BCUT2D eigenvalue weighted by Crippen LogP contribution is -1.92. The van der Waals surface area contributed by atoms with E-state index in [9.17, 15) is 5.11 Å². The van der Waals surface area contributed by atoms with E-state index in [1.807, 2.05) is 18.2 Å². The summed E-state index contributed by atoms with van der Waals surface area (Å²) in [5.41, 5.74) is 4.02. The number of fused-ring (bicyclic) bond motifs is 1. The number of rotatable bonds is 12. The summed E-state index contributed by atoms with van der Waals surface area (Å²) in [4.78, 5) is 4.37. The smallest absolute Gasteiger partial charge is 0.149 e. The molecule has 0 aliphatic rings. The van der Waals surface area contributed by atoms with Gasteiger partial charge in [-0.15, -0.1) is 0 Å². The molecule has 0 aliphatic heterocycles. The number of phenolic OH excluding ortho intramolecular Hbond substituents is 1. The minimum atomic E-state index is 0.290. The lowest BCUT2D eigenvalue weighted by atomic mass is 9.94. The monoisotopic (exact) mass is 389 g/mol. The maximum absolute atomic E-state index is 10.8. The van der Waals surface area contributed by atoms with Crippen molar-refractivity contribution in [3.05, 3.63) is 60.3 Å². The molecule has 1 N–H and O–H groups in total. The van der Waals surface area contributed by atoms with Gasteiger partial charge in [0.25, 0.3) is 0 Å². The molecule has 3 aromatic rings. The fourth-order valence-corrected chi connectivity index (χ4v) is 4.15. The highest BCUT2D eigenvalue weighted by Crippen LogP contribution is 2.36. The van der Waals surface area contributed by atoms with Crippen molar-refractivity contribution in [2.75, 3.05) is 0 Å². The van der Waals surface area contributed by atoms with Crippen molar-refractivity contribution >= 4 is 10.9 Å². The summed E-state index contributed by atoms with van der Waals surface area (Å²) in [7, 11) is 0. The number of aryl methyl sites for hydroxylation is 1. The minimum Gasteiger partial charge on any atom is -0.505 e. The molecule has 2 nitrogen and oxygen atoms in total. The first kappa shape index (κ1) is 21.4. The van der Waals surface area contributed by atoms with Crippen molar-refractivity contribution in [3.63, 3.8) is 0 Å². The van der Waals surface area contributed by atoms with Gasteiger partial charge in [-0.05, 0) is 36.1 Å². The Kier molecular flexibility index (Phi) is 8.55. The Labute approximate surface area is 176 Å². The maximum Gasteiger partial charge on any atom is 0.149 e. The largest absolute Gasteiger partial charge is 0.505 e. The van der Waals surface area contributed by atoms with E-state index in [1.54, 1.807) is 6.20 Å². The van der Waals surface area contributed by atoms with Crippen molar-refractivity contribution in [1.82, 2.24) is 4.98 Å². The summed E-state index contributed by atoms with van der Waals surface area (Å²) in [6.45, 7) is 2.27. The molecule has 0 amide bonds. The average Bonchev–Trinajstić information content (AvgIpc) is 2.76. The van der Waals surface area contributed by atoms with Crippen molar-refractivity contribution in [2.24, 2.45) is 0 Å². The van der Waals surface area contributed by atoms with Gasteiger partial charge in [-0.25, -0.2) is 0 Å². The van der Waals surface area contributed by atoms with Gasteiger partial charge in [0, 0.05) is 17.1 Å². The lowest BCUT2D eigenvalue weighted by molar-refractivity contribution is 0.482. The molecule has 0 bridgehead atoms. The Bertz CT molecular complexity index is 887. The summed E-state index contributed by atoms with van der Waals surface area (Å²) in [5.74, 6) is 0.290. The number of phenols is 1. The first-order valence-electron chi connectivity index (χ1n) is 11.5. The zero-order chi connectivity index (χ0) is 20.3. The molecule has 2 heteroatoms. The van der Waals surface area contributed by atoms with Crippen LogP contribution in [0, 0.1) is 0 Å². The second kappa shape index (κ2) is 11.6. The molecule has 1 heterocycles. The molecule has 1 aromatic heterocycles. The van der Waals surface area contributed by atoms with Gasteiger partial charge in [-0.3, -0.25) is 4.98 Å². The minimum absolute atomic E-state index is 0.290. The van der Waals surface area contributed by atoms with Crippen molar-refractivity contribution in [1.29, 1.82) is 0 Å². The topological polar surface area (TPSA) is 33.1 Å². The van der Waals surface area contributed by atoms with Crippen LogP contribution in [-0.4, -0.2) is 10.1 Å². The standard InChI is InChI=1S/C27H35NO/c1-2-3-4-5-6-7-8-9-10-11-15-22-16-12-13-18-24(22)25-20-19-23-17-14-21-28-26(23)27(25)29/h12-14,16-21,29H,2-11,15H2,1H3. The van der Waals surface area contributed by atoms with Gasteiger partial charge >= 0.3 is 0 Å². The second-order valence-electron chi connectivity index (χ2n) is 8.13. The van der Waals surface area contributed by atoms with Gasteiger partial charge in [-0.1, -0.05) is 101 Å². The highest BCUT2D eigenvalue weighted by Gasteiger charge is 2.12. The Morgan fingerprint density at radius 3 is 2.14 bits per heavy atom. The van der Waals surface area contributed by atoms with Crippen LogP contribution < -0.4 is 0 Å². The summed E-state index contributed by atoms with van der Waals surface area (Å²) < 4.78 is 0. The normalized spacial score (nSPS) is 11.2. The zero-order valence-corrected chi connectivity index (χ0v) is 17.9. The van der Waals surface area contributed by atoms with Gasteiger partial charge in [0.2, 0.25) is 0 Å². The van der Waals surface area contributed by atoms with Crippen LogP contribution in [0.2, 0.25) is 0 Å². The van der Waals surface area contributed by atoms with Crippen LogP contribution in [0.5, 0.6) is 5.75 Å². The predicted molar refractivity (Wildman–Crippen MR) is 124 cm³/mol. The van der Waals surface area contributed by atoms with E-state index in [-0.39, 0.29) is 0 Å². The van der Waals surface area contributed by atoms with Crippen molar-refractivity contribution in [2.45, 2.75) is 77.6 Å². The highest BCUT2D eigenvalue weighted by molar-refractivity contribution is 5.92. The molecule has 0 radical (unpaired) electrons. The van der Waals surface area contributed by atoms with E-state index in [1.165, 1.54) is 69.8 Å². The molecule has 0 aliphatic carbocycles. The number of pyridine rings is 1. The number of benzene rings is 2. The Morgan fingerprint density at radius 1 is 0.690 bits per heavy atom. The van der Waals surface area contributed by atoms with E-state index < -0.39 is 0 Å². The molecule has 0 saturated heterocycles.